The second-order valence-electron chi connectivity index (χ2n) is 4.89. The van der Waals surface area contributed by atoms with Crippen molar-refractivity contribution in [2.24, 2.45) is 5.73 Å². The SMILES string of the molecule is NCCc1nc2ccccc2n1Cc1ccc(Cl)c(Cl)c1. The van der Waals surface area contributed by atoms with Crippen LogP contribution in [0.3, 0.4) is 0 Å². The Balaban J connectivity index is 2.05. The van der Waals surface area contributed by atoms with E-state index in [-0.39, 0.29) is 0 Å². The molecule has 1 aromatic heterocycles. The lowest BCUT2D eigenvalue weighted by Crippen LogP contribution is -2.11. The summed E-state index contributed by atoms with van der Waals surface area (Å²) >= 11 is 12.1. The minimum absolute atomic E-state index is 0.568. The van der Waals surface area contributed by atoms with Gasteiger partial charge in [0, 0.05) is 13.0 Å². The third kappa shape index (κ3) is 2.91. The highest BCUT2D eigenvalue weighted by atomic mass is 35.5. The summed E-state index contributed by atoms with van der Waals surface area (Å²) < 4.78 is 2.18. The summed E-state index contributed by atoms with van der Waals surface area (Å²) in [4.78, 5) is 4.66. The van der Waals surface area contributed by atoms with Crippen LogP contribution in [-0.4, -0.2) is 16.1 Å². The van der Waals surface area contributed by atoms with Gasteiger partial charge < -0.3 is 10.3 Å². The third-order valence-electron chi connectivity index (χ3n) is 3.43. The molecule has 3 nitrogen and oxygen atoms in total. The van der Waals surface area contributed by atoms with Crippen LogP contribution in [0, 0.1) is 0 Å². The molecule has 3 aromatic rings. The predicted octanol–water partition coefficient (Wildman–Crippen LogP) is 3.89. The number of fused-ring (bicyclic) bond motifs is 1. The summed E-state index contributed by atoms with van der Waals surface area (Å²) in [6.45, 7) is 1.28. The quantitative estimate of drug-likeness (QED) is 0.792. The fourth-order valence-corrected chi connectivity index (χ4v) is 2.76. The second kappa shape index (κ2) is 6.06. The molecule has 0 spiro atoms. The first-order valence-electron chi connectivity index (χ1n) is 6.77. The Labute approximate surface area is 133 Å². The van der Waals surface area contributed by atoms with E-state index in [0.29, 0.717) is 23.1 Å². The zero-order valence-corrected chi connectivity index (χ0v) is 12.9. The molecule has 108 valence electrons. The zero-order chi connectivity index (χ0) is 14.8. The van der Waals surface area contributed by atoms with Gasteiger partial charge in [0.05, 0.1) is 21.1 Å². The number of aromatic nitrogens is 2. The van der Waals surface area contributed by atoms with E-state index in [4.69, 9.17) is 28.9 Å². The summed E-state index contributed by atoms with van der Waals surface area (Å²) in [7, 11) is 0. The van der Waals surface area contributed by atoms with Crippen LogP contribution in [-0.2, 0) is 13.0 Å². The number of benzene rings is 2. The molecular formula is C16H15Cl2N3. The maximum absolute atomic E-state index is 6.10. The number of rotatable bonds is 4. The van der Waals surface area contributed by atoms with E-state index in [1.807, 2.05) is 36.4 Å². The Hall–Kier alpha value is -1.55. The number of imidazole rings is 1. The number of hydrogen-bond acceptors (Lipinski definition) is 2. The van der Waals surface area contributed by atoms with Gasteiger partial charge in [-0.05, 0) is 36.4 Å². The molecule has 21 heavy (non-hydrogen) atoms. The van der Waals surface area contributed by atoms with E-state index in [9.17, 15) is 0 Å². The van der Waals surface area contributed by atoms with Crippen molar-refractivity contribution in [2.75, 3.05) is 6.54 Å². The maximum Gasteiger partial charge on any atom is 0.111 e. The average Bonchev–Trinajstić information content (AvgIpc) is 2.81. The number of nitrogens with zero attached hydrogens (tertiary/aromatic N) is 2. The van der Waals surface area contributed by atoms with E-state index < -0.39 is 0 Å². The van der Waals surface area contributed by atoms with Crippen molar-refractivity contribution in [1.29, 1.82) is 0 Å². The van der Waals surface area contributed by atoms with Gasteiger partial charge in [-0.1, -0.05) is 41.4 Å². The van der Waals surface area contributed by atoms with Crippen LogP contribution < -0.4 is 5.73 Å². The van der Waals surface area contributed by atoms with Crippen molar-refractivity contribution >= 4 is 34.2 Å². The van der Waals surface area contributed by atoms with Crippen LogP contribution >= 0.6 is 23.2 Å². The van der Waals surface area contributed by atoms with Gasteiger partial charge in [-0.15, -0.1) is 0 Å². The van der Waals surface area contributed by atoms with Crippen molar-refractivity contribution in [3.05, 3.63) is 63.9 Å². The molecular weight excluding hydrogens is 305 g/mol. The van der Waals surface area contributed by atoms with Gasteiger partial charge in [0.15, 0.2) is 0 Å². The highest BCUT2D eigenvalue weighted by molar-refractivity contribution is 6.42. The molecule has 0 aliphatic carbocycles. The van der Waals surface area contributed by atoms with Gasteiger partial charge in [-0.25, -0.2) is 4.98 Å². The molecule has 0 unspecified atom stereocenters. The van der Waals surface area contributed by atoms with Crippen molar-refractivity contribution in [3.63, 3.8) is 0 Å². The van der Waals surface area contributed by atoms with Crippen LogP contribution in [0.1, 0.15) is 11.4 Å². The number of para-hydroxylation sites is 2. The third-order valence-corrected chi connectivity index (χ3v) is 4.17. The maximum atomic E-state index is 6.10. The lowest BCUT2D eigenvalue weighted by Gasteiger charge is -2.10. The van der Waals surface area contributed by atoms with Gasteiger partial charge in [0.1, 0.15) is 5.82 Å². The van der Waals surface area contributed by atoms with Crippen molar-refractivity contribution in [2.45, 2.75) is 13.0 Å². The molecule has 2 N–H and O–H groups in total. The van der Waals surface area contributed by atoms with Gasteiger partial charge >= 0.3 is 0 Å². The molecule has 0 amide bonds. The van der Waals surface area contributed by atoms with Gasteiger partial charge in [-0.3, -0.25) is 0 Å². The second-order valence-corrected chi connectivity index (χ2v) is 5.70. The number of nitrogens with two attached hydrogens (primary N) is 1. The summed E-state index contributed by atoms with van der Waals surface area (Å²) in [6.07, 6.45) is 0.746. The molecule has 3 rings (SSSR count). The molecule has 2 aromatic carbocycles. The molecule has 1 heterocycles. The first kappa shape index (κ1) is 14.4. The van der Waals surface area contributed by atoms with E-state index in [2.05, 4.69) is 15.6 Å². The molecule has 0 saturated carbocycles. The molecule has 0 atom stereocenters. The van der Waals surface area contributed by atoms with Crippen molar-refractivity contribution < 1.29 is 0 Å². The Bertz CT molecular complexity index is 780. The Morgan fingerprint density at radius 3 is 2.62 bits per heavy atom. The molecule has 0 saturated heterocycles. The lowest BCUT2D eigenvalue weighted by atomic mass is 10.2. The summed E-state index contributed by atoms with van der Waals surface area (Å²) in [5.74, 6) is 0.991. The standard InChI is InChI=1S/C16H15Cl2N3/c17-12-6-5-11(9-13(12)18)10-21-15-4-2-1-3-14(15)20-16(21)7-8-19/h1-6,9H,7-8,10,19H2. The van der Waals surface area contributed by atoms with Crippen molar-refractivity contribution in [1.82, 2.24) is 9.55 Å². The Morgan fingerprint density at radius 1 is 1.05 bits per heavy atom. The fourth-order valence-electron chi connectivity index (χ4n) is 2.44. The van der Waals surface area contributed by atoms with E-state index in [1.165, 1.54) is 0 Å². The van der Waals surface area contributed by atoms with Crippen LogP contribution in [0.15, 0.2) is 42.5 Å². The summed E-state index contributed by atoms with van der Waals surface area (Å²) in [5.41, 5.74) is 8.88. The van der Waals surface area contributed by atoms with E-state index >= 15 is 0 Å². The molecule has 0 aliphatic heterocycles. The van der Waals surface area contributed by atoms with E-state index in [1.54, 1.807) is 0 Å². The Morgan fingerprint density at radius 2 is 1.86 bits per heavy atom. The lowest BCUT2D eigenvalue weighted by molar-refractivity contribution is 0.735. The smallest absolute Gasteiger partial charge is 0.111 e. The predicted molar refractivity (Wildman–Crippen MR) is 88.1 cm³/mol. The highest BCUT2D eigenvalue weighted by Crippen LogP contribution is 2.24. The van der Waals surface area contributed by atoms with Gasteiger partial charge in [0.25, 0.3) is 0 Å². The van der Waals surface area contributed by atoms with Crippen LogP contribution in [0.25, 0.3) is 11.0 Å². The number of hydrogen-bond donors (Lipinski definition) is 1. The van der Waals surface area contributed by atoms with Crippen molar-refractivity contribution in [3.8, 4) is 0 Å². The summed E-state index contributed by atoms with van der Waals surface area (Å²) in [6, 6.07) is 13.8. The minimum atomic E-state index is 0.568. The number of halogens is 2. The average molecular weight is 320 g/mol. The molecule has 0 aliphatic rings. The summed E-state index contributed by atoms with van der Waals surface area (Å²) in [5, 5.41) is 1.14. The van der Waals surface area contributed by atoms with Gasteiger partial charge in [-0.2, -0.15) is 0 Å². The monoisotopic (exact) mass is 319 g/mol. The van der Waals surface area contributed by atoms with Crippen LogP contribution in [0.5, 0.6) is 0 Å². The zero-order valence-electron chi connectivity index (χ0n) is 11.4. The van der Waals surface area contributed by atoms with E-state index in [0.717, 1.165) is 28.8 Å². The molecule has 5 heteroatoms. The topological polar surface area (TPSA) is 43.8 Å². The molecule has 0 radical (unpaired) electrons. The van der Waals surface area contributed by atoms with Crippen LogP contribution in [0.2, 0.25) is 10.0 Å². The normalized spacial score (nSPS) is 11.2. The van der Waals surface area contributed by atoms with Gasteiger partial charge in [0.2, 0.25) is 0 Å². The molecule has 0 bridgehead atoms. The van der Waals surface area contributed by atoms with Crippen LogP contribution in [0.4, 0.5) is 0 Å². The fraction of sp³-hybridized carbons (Fsp3) is 0.188. The largest absolute Gasteiger partial charge is 0.330 e. The highest BCUT2D eigenvalue weighted by Gasteiger charge is 2.10. The Kier molecular flexibility index (Phi) is 4.15. The molecule has 0 fully saturated rings. The first-order chi connectivity index (χ1) is 10.2. The minimum Gasteiger partial charge on any atom is -0.330 e. The first-order valence-corrected chi connectivity index (χ1v) is 7.53.